The Bertz CT molecular complexity index is 522. The zero-order chi connectivity index (χ0) is 12.3. The number of aryl methyl sites for hydroxylation is 1. The molecule has 0 radical (unpaired) electrons. The van der Waals surface area contributed by atoms with Crippen LogP contribution in [-0.4, -0.2) is 40.8 Å². The van der Waals surface area contributed by atoms with Crippen LogP contribution in [0.1, 0.15) is 5.82 Å². The summed E-state index contributed by atoms with van der Waals surface area (Å²) in [4.78, 5) is 14.7. The standard InChI is InChI=1S/C8H10N6O2S/c1-13-3-2-9-6(13)5-17-8-10-11-12-14(8)4-7(15)16/h2-3H,4-5H2,1H3,(H,15,16). The number of hydrogen-bond donors (Lipinski definition) is 1. The second kappa shape index (κ2) is 4.95. The van der Waals surface area contributed by atoms with Crippen molar-refractivity contribution in [3.05, 3.63) is 18.2 Å². The van der Waals surface area contributed by atoms with Gasteiger partial charge in [-0.3, -0.25) is 4.79 Å². The molecule has 2 aromatic rings. The van der Waals surface area contributed by atoms with Crippen LogP contribution in [0, 0.1) is 0 Å². The molecule has 2 heterocycles. The van der Waals surface area contributed by atoms with Crippen molar-refractivity contribution < 1.29 is 9.90 Å². The van der Waals surface area contributed by atoms with E-state index in [1.54, 1.807) is 6.20 Å². The fourth-order valence-electron chi connectivity index (χ4n) is 1.19. The topological polar surface area (TPSA) is 98.7 Å². The smallest absolute Gasteiger partial charge is 0.325 e. The van der Waals surface area contributed by atoms with E-state index in [4.69, 9.17) is 5.11 Å². The maximum Gasteiger partial charge on any atom is 0.325 e. The fraction of sp³-hybridized carbons (Fsp3) is 0.375. The van der Waals surface area contributed by atoms with Gasteiger partial charge < -0.3 is 9.67 Å². The molecule has 0 saturated carbocycles. The lowest BCUT2D eigenvalue weighted by Crippen LogP contribution is -2.11. The number of thioether (sulfide) groups is 1. The molecule has 0 fully saturated rings. The Labute approximate surface area is 101 Å². The van der Waals surface area contributed by atoms with Gasteiger partial charge in [-0.2, -0.15) is 0 Å². The quantitative estimate of drug-likeness (QED) is 0.736. The number of hydrogen-bond acceptors (Lipinski definition) is 6. The Hall–Kier alpha value is -1.90. The molecule has 0 aliphatic rings. The van der Waals surface area contributed by atoms with E-state index in [0.717, 1.165) is 5.82 Å². The average molecular weight is 254 g/mol. The minimum Gasteiger partial charge on any atom is -0.480 e. The van der Waals surface area contributed by atoms with Gasteiger partial charge in [-0.1, -0.05) is 11.8 Å². The number of tetrazole rings is 1. The van der Waals surface area contributed by atoms with Crippen molar-refractivity contribution in [3.8, 4) is 0 Å². The van der Waals surface area contributed by atoms with Crippen LogP contribution in [0.5, 0.6) is 0 Å². The summed E-state index contributed by atoms with van der Waals surface area (Å²) >= 11 is 1.35. The van der Waals surface area contributed by atoms with Crippen LogP contribution < -0.4 is 0 Å². The fourth-order valence-corrected chi connectivity index (χ4v) is 2.07. The predicted octanol–water partition coefficient (Wildman–Crippen LogP) is -0.217. The average Bonchev–Trinajstić information content (AvgIpc) is 2.84. The normalized spacial score (nSPS) is 10.6. The van der Waals surface area contributed by atoms with Crippen LogP contribution in [-0.2, 0) is 24.1 Å². The second-order valence-corrected chi connectivity index (χ2v) is 4.20. The summed E-state index contributed by atoms with van der Waals surface area (Å²) in [5.74, 6) is 0.486. The highest BCUT2D eigenvalue weighted by atomic mass is 32.2. The number of carbonyl (C=O) groups is 1. The Morgan fingerprint density at radius 3 is 3.06 bits per heavy atom. The summed E-state index contributed by atoms with van der Waals surface area (Å²) < 4.78 is 3.13. The highest BCUT2D eigenvalue weighted by molar-refractivity contribution is 7.98. The third-order valence-corrected chi connectivity index (χ3v) is 2.99. The Morgan fingerprint density at radius 2 is 2.41 bits per heavy atom. The van der Waals surface area contributed by atoms with Crippen LogP contribution in [0.3, 0.4) is 0 Å². The summed E-state index contributed by atoms with van der Waals surface area (Å²) in [6.07, 6.45) is 3.55. The highest BCUT2D eigenvalue weighted by Crippen LogP contribution is 2.18. The van der Waals surface area contributed by atoms with Crippen molar-refractivity contribution in [3.63, 3.8) is 0 Å². The maximum absolute atomic E-state index is 10.6. The van der Waals surface area contributed by atoms with E-state index < -0.39 is 5.97 Å². The van der Waals surface area contributed by atoms with Crippen LogP contribution in [0.25, 0.3) is 0 Å². The molecule has 0 unspecified atom stereocenters. The molecule has 0 atom stereocenters. The predicted molar refractivity (Wildman–Crippen MR) is 58.2 cm³/mol. The lowest BCUT2D eigenvalue weighted by Gasteiger charge is -2.01. The molecule has 0 aliphatic heterocycles. The molecule has 0 bridgehead atoms. The van der Waals surface area contributed by atoms with Crippen LogP contribution in [0.2, 0.25) is 0 Å². The van der Waals surface area contributed by atoms with Gasteiger partial charge in [0.1, 0.15) is 12.4 Å². The first-order valence-corrected chi connectivity index (χ1v) is 5.72. The summed E-state index contributed by atoms with van der Waals surface area (Å²) in [5, 5.41) is 19.9. The molecule has 8 nitrogen and oxygen atoms in total. The van der Waals surface area contributed by atoms with E-state index in [-0.39, 0.29) is 6.54 Å². The molecular formula is C8H10N6O2S. The zero-order valence-electron chi connectivity index (χ0n) is 9.02. The van der Waals surface area contributed by atoms with E-state index in [1.807, 2.05) is 17.8 Å². The zero-order valence-corrected chi connectivity index (χ0v) is 9.83. The Kier molecular flexibility index (Phi) is 3.38. The first-order chi connectivity index (χ1) is 8.16. The summed E-state index contributed by atoms with van der Waals surface area (Å²) in [7, 11) is 1.89. The number of carboxylic acid groups (broad SMARTS) is 1. The van der Waals surface area contributed by atoms with E-state index >= 15 is 0 Å². The summed E-state index contributed by atoms with van der Waals surface area (Å²) in [6, 6.07) is 0. The largest absolute Gasteiger partial charge is 0.480 e. The van der Waals surface area contributed by atoms with Gasteiger partial charge in [0, 0.05) is 19.4 Å². The Morgan fingerprint density at radius 1 is 1.59 bits per heavy atom. The lowest BCUT2D eigenvalue weighted by molar-refractivity contribution is -0.138. The van der Waals surface area contributed by atoms with Crippen LogP contribution in [0.4, 0.5) is 0 Å². The van der Waals surface area contributed by atoms with Gasteiger partial charge in [-0.25, -0.2) is 9.67 Å². The van der Waals surface area contributed by atoms with Gasteiger partial charge in [-0.05, 0) is 10.4 Å². The van der Waals surface area contributed by atoms with Crippen molar-refractivity contribution in [2.75, 3.05) is 0 Å². The van der Waals surface area contributed by atoms with E-state index in [1.165, 1.54) is 16.4 Å². The number of nitrogens with zero attached hydrogens (tertiary/aromatic N) is 6. The Balaban J connectivity index is 2.02. The third-order valence-electron chi connectivity index (χ3n) is 2.04. The highest BCUT2D eigenvalue weighted by Gasteiger charge is 2.11. The molecule has 17 heavy (non-hydrogen) atoms. The molecule has 2 rings (SSSR count). The molecule has 0 aliphatic carbocycles. The summed E-state index contributed by atoms with van der Waals surface area (Å²) in [5.41, 5.74) is 0. The van der Waals surface area contributed by atoms with Gasteiger partial charge >= 0.3 is 5.97 Å². The molecule has 90 valence electrons. The molecule has 2 aromatic heterocycles. The minimum absolute atomic E-state index is 0.240. The van der Waals surface area contributed by atoms with E-state index in [9.17, 15) is 4.79 Å². The van der Waals surface area contributed by atoms with Crippen LogP contribution >= 0.6 is 11.8 Å². The van der Waals surface area contributed by atoms with Crippen molar-refractivity contribution in [1.82, 2.24) is 29.8 Å². The maximum atomic E-state index is 10.6. The number of carboxylic acids is 1. The first-order valence-electron chi connectivity index (χ1n) is 4.74. The lowest BCUT2D eigenvalue weighted by atomic mass is 10.7. The number of aliphatic carboxylic acids is 1. The molecule has 9 heteroatoms. The van der Waals surface area contributed by atoms with E-state index in [0.29, 0.717) is 10.9 Å². The minimum atomic E-state index is -0.976. The van der Waals surface area contributed by atoms with E-state index in [2.05, 4.69) is 20.5 Å². The molecule has 0 aromatic carbocycles. The van der Waals surface area contributed by atoms with Crippen molar-refractivity contribution in [2.24, 2.45) is 7.05 Å². The van der Waals surface area contributed by atoms with Gasteiger partial charge in [0.2, 0.25) is 5.16 Å². The first kappa shape index (κ1) is 11.6. The van der Waals surface area contributed by atoms with Gasteiger partial charge in [0.15, 0.2) is 0 Å². The van der Waals surface area contributed by atoms with Gasteiger partial charge in [0.25, 0.3) is 0 Å². The SMILES string of the molecule is Cn1ccnc1CSc1nnnn1CC(=O)O. The van der Waals surface area contributed by atoms with Crippen LogP contribution in [0.15, 0.2) is 17.6 Å². The number of rotatable bonds is 5. The van der Waals surface area contributed by atoms with Crippen molar-refractivity contribution in [1.29, 1.82) is 0 Å². The monoisotopic (exact) mass is 254 g/mol. The number of imidazole rings is 1. The second-order valence-electron chi connectivity index (χ2n) is 3.26. The summed E-state index contributed by atoms with van der Waals surface area (Å²) in [6.45, 7) is -0.240. The number of aromatic nitrogens is 6. The molecular weight excluding hydrogens is 244 g/mol. The van der Waals surface area contributed by atoms with Gasteiger partial charge in [-0.15, -0.1) is 5.10 Å². The third kappa shape index (κ3) is 2.81. The van der Waals surface area contributed by atoms with Gasteiger partial charge in [0.05, 0.1) is 5.75 Å². The molecule has 0 spiro atoms. The molecule has 1 N–H and O–H groups in total. The van der Waals surface area contributed by atoms with Crippen molar-refractivity contribution >= 4 is 17.7 Å². The molecule has 0 saturated heterocycles. The molecule has 0 amide bonds. The van der Waals surface area contributed by atoms with Crippen molar-refractivity contribution in [2.45, 2.75) is 17.5 Å².